The molecule has 0 aromatic heterocycles. The second-order valence-corrected chi connectivity index (χ2v) is 5.91. The molecular formula is C10H18O6S2. The van der Waals surface area contributed by atoms with Crippen LogP contribution >= 0.6 is 23.5 Å². The van der Waals surface area contributed by atoms with Crippen LogP contribution in [0.1, 0.15) is 25.7 Å². The number of rotatable bonds is 11. The Bertz CT molecular complexity index is 235. The van der Waals surface area contributed by atoms with Gasteiger partial charge in [-0.15, -0.1) is 23.5 Å². The Morgan fingerprint density at radius 2 is 1.11 bits per heavy atom. The minimum Gasteiger partial charge on any atom is -0.479 e. The van der Waals surface area contributed by atoms with Crippen molar-refractivity contribution >= 4 is 35.5 Å². The van der Waals surface area contributed by atoms with Crippen molar-refractivity contribution in [3.63, 3.8) is 0 Å². The maximum atomic E-state index is 10.3. The van der Waals surface area contributed by atoms with Gasteiger partial charge in [-0.2, -0.15) is 0 Å². The quantitative estimate of drug-likeness (QED) is 0.327. The average molecular weight is 298 g/mol. The standard InChI is InChI=1S/C10H18O6S2/c11-7(12)9(15)17-5-3-1-2-4-6-18-10(16)8(13)14/h9-10,15-16H,1-6H2,(H,11,12)(H,13,14). The van der Waals surface area contributed by atoms with Gasteiger partial charge in [0.15, 0.2) is 10.9 Å². The van der Waals surface area contributed by atoms with Gasteiger partial charge in [-0.25, -0.2) is 9.59 Å². The summed E-state index contributed by atoms with van der Waals surface area (Å²) >= 11 is 1.98. The first-order valence-corrected chi connectivity index (χ1v) is 7.60. The zero-order chi connectivity index (χ0) is 14.0. The van der Waals surface area contributed by atoms with E-state index >= 15 is 0 Å². The van der Waals surface area contributed by atoms with Crippen LogP contribution in [0.5, 0.6) is 0 Å². The second kappa shape index (κ2) is 10.5. The number of carbonyl (C=O) groups is 2. The molecular weight excluding hydrogens is 280 g/mol. The highest BCUT2D eigenvalue weighted by Crippen LogP contribution is 2.15. The lowest BCUT2D eigenvalue weighted by Crippen LogP contribution is -2.15. The predicted octanol–water partition coefficient (Wildman–Crippen LogP) is 0.819. The summed E-state index contributed by atoms with van der Waals surface area (Å²) in [6.45, 7) is 0. The molecule has 0 rings (SSSR count). The van der Waals surface area contributed by atoms with Gasteiger partial charge in [0.25, 0.3) is 0 Å². The van der Waals surface area contributed by atoms with Crippen LogP contribution in [-0.2, 0) is 9.59 Å². The SMILES string of the molecule is O=C(O)C(O)SCCCCCCSC(O)C(=O)O. The third kappa shape index (κ3) is 9.58. The Morgan fingerprint density at radius 3 is 1.39 bits per heavy atom. The molecule has 2 atom stereocenters. The predicted molar refractivity (Wildman–Crippen MR) is 70.7 cm³/mol. The van der Waals surface area contributed by atoms with Crippen molar-refractivity contribution < 1.29 is 30.0 Å². The highest BCUT2D eigenvalue weighted by Gasteiger charge is 2.13. The monoisotopic (exact) mass is 298 g/mol. The first-order chi connectivity index (χ1) is 8.45. The van der Waals surface area contributed by atoms with Crippen molar-refractivity contribution in [1.82, 2.24) is 0 Å². The largest absolute Gasteiger partial charge is 0.479 e. The van der Waals surface area contributed by atoms with E-state index < -0.39 is 22.8 Å². The molecule has 0 aliphatic carbocycles. The summed E-state index contributed by atoms with van der Waals surface area (Å²) in [6.07, 6.45) is 3.40. The van der Waals surface area contributed by atoms with Crippen molar-refractivity contribution in [3.8, 4) is 0 Å². The third-order valence-electron chi connectivity index (χ3n) is 2.01. The average Bonchev–Trinajstić information content (AvgIpc) is 2.31. The van der Waals surface area contributed by atoms with Crippen molar-refractivity contribution in [2.24, 2.45) is 0 Å². The van der Waals surface area contributed by atoms with E-state index in [1.165, 1.54) is 0 Å². The first-order valence-electron chi connectivity index (χ1n) is 5.50. The van der Waals surface area contributed by atoms with Gasteiger partial charge in [-0.05, 0) is 24.3 Å². The first kappa shape index (κ1) is 17.6. The van der Waals surface area contributed by atoms with Gasteiger partial charge >= 0.3 is 11.9 Å². The van der Waals surface area contributed by atoms with Gasteiger partial charge in [-0.3, -0.25) is 0 Å². The van der Waals surface area contributed by atoms with Crippen LogP contribution in [0.15, 0.2) is 0 Å². The summed E-state index contributed by atoms with van der Waals surface area (Å²) in [5.74, 6) is -1.28. The Hall–Kier alpha value is -0.440. The molecule has 0 fully saturated rings. The van der Waals surface area contributed by atoms with Gasteiger partial charge in [0, 0.05) is 0 Å². The number of unbranched alkanes of at least 4 members (excludes halogenated alkanes) is 3. The summed E-state index contributed by atoms with van der Waals surface area (Å²) in [7, 11) is 0. The molecule has 0 saturated heterocycles. The molecule has 0 amide bonds. The second-order valence-electron chi connectivity index (χ2n) is 3.54. The fraction of sp³-hybridized carbons (Fsp3) is 0.800. The van der Waals surface area contributed by atoms with E-state index in [-0.39, 0.29) is 0 Å². The van der Waals surface area contributed by atoms with Crippen LogP contribution in [-0.4, -0.2) is 54.7 Å². The van der Waals surface area contributed by atoms with E-state index in [0.717, 1.165) is 49.2 Å². The summed E-state index contributed by atoms with van der Waals surface area (Å²) in [4.78, 5) is 20.6. The molecule has 0 aliphatic rings. The molecule has 8 heteroatoms. The van der Waals surface area contributed by atoms with Crippen LogP contribution in [0, 0.1) is 0 Å². The maximum absolute atomic E-state index is 10.3. The molecule has 2 unspecified atom stereocenters. The molecule has 0 saturated carbocycles. The number of aliphatic hydroxyl groups excluding tert-OH is 2. The number of thioether (sulfide) groups is 2. The fourth-order valence-electron chi connectivity index (χ4n) is 1.09. The van der Waals surface area contributed by atoms with Crippen molar-refractivity contribution in [1.29, 1.82) is 0 Å². The fourth-order valence-corrected chi connectivity index (χ4v) is 2.56. The smallest absolute Gasteiger partial charge is 0.343 e. The molecule has 4 N–H and O–H groups in total. The topological polar surface area (TPSA) is 115 Å². The highest BCUT2D eigenvalue weighted by atomic mass is 32.2. The van der Waals surface area contributed by atoms with E-state index in [0.29, 0.717) is 11.5 Å². The Balaban J connectivity index is 3.26. The molecule has 0 heterocycles. The van der Waals surface area contributed by atoms with Gasteiger partial charge in [0.1, 0.15) is 0 Å². The zero-order valence-corrected chi connectivity index (χ0v) is 11.5. The van der Waals surface area contributed by atoms with E-state index in [2.05, 4.69) is 0 Å². The van der Waals surface area contributed by atoms with Gasteiger partial charge < -0.3 is 20.4 Å². The Morgan fingerprint density at radius 1 is 0.778 bits per heavy atom. The maximum Gasteiger partial charge on any atom is 0.343 e. The molecule has 0 aromatic carbocycles. The summed E-state index contributed by atoms with van der Waals surface area (Å²) in [6, 6.07) is 0. The number of aliphatic carboxylic acids is 2. The van der Waals surface area contributed by atoms with Crippen molar-refractivity contribution in [3.05, 3.63) is 0 Å². The van der Waals surface area contributed by atoms with Gasteiger partial charge in [0.05, 0.1) is 0 Å². The molecule has 18 heavy (non-hydrogen) atoms. The third-order valence-corrected chi connectivity index (χ3v) is 4.10. The van der Waals surface area contributed by atoms with E-state index in [9.17, 15) is 9.59 Å². The van der Waals surface area contributed by atoms with E-state index in [4.69, 9.17) is 20.4 Å². The van der Waals surface area contributed by atoms with Gasteiger partial charge in [-0.1, -0.05) is 12.8 Å². The lowest BCUT2D eigenvalue weighted by atomic mass is 10.2. The minimum atomic E-state index is -1.36. The van der Waals surface area contributed by atoms with Gasteiger partial charge in [0.2, 0.25) is 0 Å². The number of hydrogen-bond donors (Lipinski definition) is 4. The summed E-state index contributed by atoms with van der Waals surface area (Å²) in [5, 5.41) is 34.7. The van der Waals surface area contributed by atoms with E-state index in [1.54, 1.807) is 0 Å². The molecule has 0 aliphatic heterocycles. The van der Waals surface area contributed by atoms with Crippen molar-refractivity contribution in [2.45, 2.75) is 36.6 Å². The lowest BCUT2D eigenvalue weighted by Gasteiger charge is -2.06. The summed E-state index contributed by atoms with van der Waals surface area (Å²) in [5.41, 5.74) is -2.71. The minimum absolute atomic E-state index is 0.582. The van der Waals surface area contributed by atoms with Crippen LogP contribution < -0.4 is 0 Å². The highest BCUT2D eigenvalue weighted by molar-refractivity contribution is 8.00. The zero-order valence-electron chi connectivity index (χ0n) is 9.82. The molecule has 106 valence electrons. The molecule has 0 bridgehead atoms. The summed E-state index contributed by atoms with van der Waals surface area (Å²) < 4.78 is 0. The number of carboxylic acid groups (broad SMARTS) is 2. The van der Waals surface area contributed by atoms with Crippen LogP contribution in [0.2, 0.25) is 0 Å². The number of carboxylic acids is 2. The molecule has 0 radical (unpaired) electrons. The Labute approximate surface area is 114 Å². The number of aliphatic hydroxyl groups is 2. The molecule has 0 aromatic rings. The van der Waals surface area contributed by atoms with Crippen LogP contribution in [0.25, 0.3) is 0 Å². The van der Waals surface area contributed by atoms with Crippen molar-refractivity contribution in [2.75, 3.05) is 11.5 Å². The molecule has 0 spiro atoms. The van der Waals surface area contributed by atoms with Crippen LogP contribution in [0.3, 0.4) is 0 Å². The van der Waals surface area contributed by atoms with E-state index in [1.807, 2.05) is 0 Å². The van der Waals surface area contributed by atoms with Crippen LogP contribution in [0.4, 0.5) is 0 Å². The normalized spacial score (nSPS) is 14.1. The Kier molecular flexibility index (Phi) is 10.2. The molecule has 6 nitrogen and oxygen atoms in total. The lowest BCUT2D eigenvalue weighted by molar-refractivity contribution is -0.142. The number of hydrogen-bond acceptors (Lipinski definition) is 6.